The van der Waals surface area contributed by atoms with Gasteiger partial charge < -0.3 is 17.2 Å². The van der Waals surface area contributed by atoms with Crippen LogP contribution in [0.15, 0.2) is 33.1 Å². The summed E-state index contributed by atoms with van der Waals surface area (Å²) < 4.78 is 24.8. The molecule has 0 atom stereocenters. The lowest BCUT2D eigenvalue weighted by Crippen LogP contribution is -2.26. The number of rotatable bonds is 1. The zero-order chi connectivity index (χ0) is 14.2. The Kier molecular flexibility index (Phi) is 2.86. The molecule has 2 rings (SSSR count). The Balaban J connectivity index is 2.47. The van der Waals surface area contributed by atoms with Gasteiger partial charge in [-0.25, -0.2) is 18.1 Å². The zero-order valence-corrected chi connectivity index (χ0v) is 10.3. The molecule has 1 aliphatic rings. The maximum atomic E-state index is 11.5. The lowest BCUT2D eigenvalue weighted by Gasteiger charge is -1.98. The maximum Gasteiger partial charge on any atom is 0.266 e. The first-order valence-electron chi connectivity index (χ1n) is 4.94. The summed E-state index contributed by atoms with van der Waals surface area (Å²) in [5.41, 5.74) is 15.9. The monoisotopic (exact) mass is 282 g/mol. The van der Waals surface area contributed by atoms with Crippen molar-refractivity contribution in [3.8, 4) is 0 Å². The summed E-state index contributed by atoms with van der Waals surface area (Å²) >= 11 is 0. The number of benzene rings is 1. The molecule has 9 nitrogen and oxygen atoms in total. The van der Waals surface area contributed by atoms with Gasteiger partial charge in [0, 0.05) is 0 Å². The van der Waals surface area contributed by atoms with Crippen LogP contribution in [0.5, 0.6) is 0 Å². The molecule has 1 amide bonds. The van der Waals surface area contributed by atoms with E-state index < -0.39 is 15.9 Å². The Morgan fingerprint density at radius 2 is 1.89 bits per heavy atom. The summed E-state index contributed by atoms with van der Waals surface area (Å²) in [5.74, 6) is -1.18. The molecule has 7 N–H and O–H groups in total. The van der Waals surface area contributed by atoms with Crippen molar-refractivity contribution < 1.29 is 13.2 Å². The first-order chi connectivity index (χ1) is 8.79. The average molecular weight is 282 g/mol. The van der Waals surface area contributed by atoms with Gasteiger partial charge in [-0.1, -0.05) is 0 Å². The molecule has 0 aromatic heterocycles. The smallest absolute Gasteiger partial charge is 0.266 e. The van der Waals surface area contributed by atoms with Crippen LogP contribution in [-0.2, 0) is 10.0 Å². The molecule has 0 spiro atoms. The van der Waals surface area contributed by atoms with Crippen LogP contribution in [0.25, 0.3) is 0 Å². The lowest BCUT2D eigenvalue weighted by atomic mass is 10.2. The summed E-state index contributed by atoms with van der Waals surface area (Å²) in [4.78, 5) is 18.7. The predicted octanol–water partition coefficient (Wildman–Crippen LogP) is -1.66. The normalized spacial score (nSPS) is 16.6. The van der Waals surface area contributed by atoms with Crippen LogP contribution in [-0.4, -0.2) is 26.2 Å². The molecule has 1 aromatic rings. The molecule has 0 fully saturated rings. The minimum Gasteiger partial charge on any atom is -0.370 e. The largest absolute Gasteiger partial charge is 0.370 e. The Bertz CT molecular complexity index is 717. The van der Waals surface area contributed by atoms with Crippen molar-refractivity contribution in [3.05, 3.63) is 23.8 Å². The second-order valence-electron chi connectivity index (χ2n) is 3.62. The third kappa shape index (κ3) is 2.47. The van der Waals surface area contributed by atoms with Crippen molar-refractivity contribution in [1.29, 1.82) is 0 Å². The van der Waals surface area contributed by atoms with Gasteiger partial charge in [0.2, 0.25) is 5.96 Å². The molecular formula is C9H10N6O3S. The van der Waals surface area contributed by atoms with E-state index in [4.69, 9.17) is 17.2 Å². The van der Waals surface area contributed by atoms with Crippen molar-refractivity contribution in [1.82, 2.24) is 4.72 Å². The fourth-order valence-electron chi connectivity index (χ4n) is 1.52. The number of nitrogens with zero attached hydrogens (tertiary/aromatic N) is 2. The number of nitrogens with one attached hydrogen (secondary N) is 1. The Hall–Kier alpha value is -2.62. The quantitative estimate of drug-likeness (QED) is 0.355. The van der Waals surface area contributed by atoms with Gasteiger partial charge in [-0.15, -0.1) is 0 Å². The fraction of sp³-hybridized carbons (Fsp3) is 0. The fourth-order valence-corrected chi connectivity index (χ4v) is 2.67. The van der Waals surface area contributed by atoms with E-state index in [0.29, 0.717) is 0 Å². The van der Waals surface area contributed by atoms with Crippen molar-refractivity contribution in [2.24, 2.45) is 27.2 Å². The maximum absolute atomic E-state index is 11.5. The van der Waals surface area contributed by atoms with Crippen LogP contribution in [0.2, 0.25) is 0 Å². The highest BCUT2D eigenvalue weighted by atomic mass is 32.2. The molecule has 10 heteroatoms. The summed E-state index contributed by atoms with van der Waals surface area (Å²) in [6.45, 7) is 0. The number of hydrogen-bond donors (Lipinski definition) is 4. The molecule has 1 aliphatic heterocycles. The number of carbonyl (C=O) groups is 1. The highest BCUT2D eigenvalue weighted by Crippen LogP contribution is 2.26. The van der Waals surface area contributed by atoms with Crippen LogP contribution in [0.1, 0.15) is 10.4 Å². The number of amides is 1. The van der Waals surface area contributed by atoms with E-state index >= 15 is 0 Å². The number of guanidine groups is 2. The summed E-state index contributed by atoms with van der Waals surface area (Å²) in [6.07, 6.45) is 0. The van der Waals surface area contributed by atoms with Crippen molar-refractivity contribution in [2.75, 3.05) is 0 Å². The average Bonchev–Trinajstić information content (AvgIpc) is 2.48. The van der Waals surface area contributed by atoms with Crippen LogP contribution in [0.4, 0.5) is 5.69 Å². The van der Waals surface area contributed by atoms with Gasteiger partial charge in [-0.05, 0) is 18.2 Å². The van der Waals surface area contributed by atoms with Gasteiger partial charge in [0.1, 0.15) is 4.90 Å². The highest BCUT2D eigenvalue weighted by Gasteiger charge is 2.32. The number of hydrogen-bond acceptors (Lipinski definition) is 4. The molecule has 0 unspecified atom stereocenters. The molecule has 0 aliphatic carbocycles. The van der Waals surface area contributed by atoms with Gasteiger partial charge in [-0.3, -0.25) is 4.79 Å². The number of nitrogens with two attached hydrogens (primary N) is 3. The first-order valence-corrected chi connectivity index (χ1v) is 6.43. The van der Waals surface area contributed by atoms with Gasteiger partial charge in [0.15, 0.2) is 5.96 Å². The van der Waals surface area contributed by atoms with Gasteiger partial charge >= 0.3 is 0 Å². The zero-order valence-electron chi connectivity index (χ0n) is 9.49. The van der Waals surface area contributed by atoms with Gasteiger partial charge in [0.05, 0.1) is 11.3 Å². The van der Waals surface area contributed by atoms with E-state index in [2.05, 4.69) is 9.98 Å². The van der Waals surface area contributed by atoms with Crippen molar-refractivity contribution in [3.63, 3.8) is 0 Å². The summed E-state index contributed by atoms with van der Waals surface area (Å²) in [6, 6.07) is 3.92. The highest BCUT2D eigenvalue weighted by molar-refractivity contribution is 7.90. The van der Waals surface area contributed by atoms with Crippen molar-refractivity contribution in [2.45, 2.75) is 4.90 Å². The SMILES string of the molecule is NC(N)=NC(N)=Nc1ccc2c(c1)C(=O)NS2(=O)=O. The molecule has 0 saturated carbocycles. The summed E-state index contributed by atoms with van der Waals surface area (Å²) in [7, 11) is -3.77. The van der Waals surface area contributed by atoms with Crippen molar-refractivity contribution >= 4 is 33.5 Å². The topological polar surface area (TPSA) is 166 Å². The molecule has 1 aromatic carbocycles. The third-order valence-corrected chi connectivity index (χ3v) is 3.60. The van der Waals surface area contributed by atoms with Crippen LogP contribution in [0, 0.1) is 0 Å². The minimum absolute atomic E-state index is 0.00116. The van der Waals surface area contributed by atoms with Gasteiger partial charge in [-0.2, -0.15) is 4.99 Å². The third-order valence-electron chi connectivity index (χ3n) is 2.21. The molecule has 0 radical (unpaired) electrons. The number of fused-ring (bicyclic) bond motifs is 1. The molecular weight excluding hydrogens is 272 g/mol. The van der Waals surface area contributed by atoms with Gasteiger partial charge in [0.25, 0.3) is 15.9 Å². The standard InChI is InChI=1S/C9H10N6O3S/c10-8(11)14-9(12)13-4-1-2-6-5(3-4)7(16)15-19(6,17)18/h1-3H,(H,15,16)(H6,10,11,12,13,14). The Morgan fingerprint density at radius 1 is 1.21 bits per heavy atom. The van der Waals surface area contributed by atoms with Crippen LogP contribution in [0.3, 0.4) is 0 Å². The van der Waals surface area contributed by atoms with E-state index in [-0.39, 0.29) is 28.1 Å². The molecule has 100 valence electrons. The van der Waals surface area contributed by atoms with E-state index in [1.165, 1.54) is 18.2 Å². The minimum atomic E-state index is -3.77. The Morgan fingerprint density at radius 3 is 2.53 bits per heavy atom. The molecule has 0 saturated heterocycles. The van der Waals surface area contributed by atoms with Crippen LogP contribution >= 0.6 is 0 Å². The van der Waals surface area contributed by atoms with E-state index in [1.807, 2.05) is 4.72 Å². The van der Waals surface area contributed by atoms with Crippen LogP contribution < -0.4 is 21.9 Å². The number of aliphatic imine (C=N–C) groups is 2. The van der Waals surface area contributed by atoms with E-state index in [0.717, 1.165) is 0 Å². The second-order valence-corrected chi connectivity index (χ2v) is 5.27. The summed E-state index contributed by atoms with van der Waals surface area (Å²) in [5, 5.41) is 0. The number of carbonyl (C=O) groups excluding carboxylic acids is 1. The second kappa shape index (κ2) is 4.24. The van der Waals surface area contributed by atoms with E-state index in [1.54, 1.807) is 0 Å². The van der Waals surface area contributed by atoms with E-state index in [9.17, 15) is 13.2 Å². The first kappa shape index (κ1) is 12.8. The lowest BCUT2D eigenvalue weighted by molar-refractivity contribution is 0.0985. The number of sulfonamides is 1. The predicted molar refractivity (Wildman–Crippen MR) is 68.2 cm³/mol. The Labute approximate surface area is 108 Å². The molecule has 19 heavy (non-hydrogen) atoms. The molecule has 0 bridgehead atoms. The molecule has 1 heterocycles.